The van der Waals surface area contributed by atoms with Gasteiger partial charge in [-0.25, -0.2) is 14.6 Å². The van der Waals surface area contributed by atoms with Crippen molar-refractivity contribution in [2.75, 3.05) is 26.8 Å². The van der Waals surface area contributed by atoms with Crippen molar-refractivity contribution < 1.29 is 23.8 Å². The third kappa shape index (κ3) is 6.43. The molecule has 7 nitrogen and oxygen atoms in total. The predicted octanol–water partition coefficient (Wildman–Crippen LogP) is 4.82. The lowest BCUT2D eigenvalue weighted by molar-refractivity contribution is -0.134. The van der Waals surface area contributed by atoms with E-state index in [1.165, 1.54) is 13.2 Å². The molecular weight excluding hydrogens is 464 g/mol. The minimum Gasteiger partial charge on any atom is -0.488 e. The number of carbonyl (C=O) groups is 2. The minimum atomic E-state index is -0.437. The Morgan fingerprint density at radius 2 is 2.00 bits per heavy atom. The molecule has 2 heterocycles. The highest BCUT2D eigenvalue weighted by Crippen LogP contribution is 2.31. The largest absolute Gasteiger partial charge is 0.488 e. The van der Waals surface area contributed by atoms with Gasteiger partial charge in [-0.2, -0.15) is 0 Å². The van der Waals surface area contributed by atoms with E-state index in [1.807, 2.05) is 38.1 Å². The average Bonchev–Trinajstić information content (AvgIpc) is 2.76. The lowest BCUT2D eigenvalue weighted by Gasteiger charge is -2.31. The number of nitrogens with zero attached hydrogens (tertiary/aromatic N) is 2. The number of halogens is 1. The summed E-state index contributed by atoms with van der Waals surface area (Å²) in [6, 6.07) is 7.63. The normalized spacial score (nSPS) is 14.9. The zero-order valence-electron chi connectivity index (χ0n) is 18.0. The second-order valence-corrected chi connectivity index (χ2v) is 8.76. The first-order valence-electron chi connectivity index (χ1n) is 10.3. The second kappa shape index (κ2) is 10.6. The van der Waals surface area contributed by atoms with Gasteiger partial charge in [-0.05, 0) is 30.2 Å². The fourth-order valence-electron chi connectivity index (χ4n) is 3.25. The molecular formula is C23H27BrN2O5. The molecule has 1 fully saturated rings. The molecule has 8 heteroatoms. The van der Waals surface area contributed by atoms with Crippen molar-refractivity contribution in [3.63, 3.8) is 0 Å². The van der Waals surface area contributed by atoms with E-state index in [1.54, 1.807) is 11.0 Å². The lowest BCUT2D eigenvalue weighted by Crippen LogP contribution is -2.42. The van der Waals surface area contributed by atoms with E-state index in [-0.39, 0.29) is 12.2 Å². The number of methoxy groups -OCH3 is 1. The van der Waals surface area contributed by atoms with Gasteiger partial charge in [0, 0.05) is 41.9 Å². The molecule has 1 aliphatic rings. The predicted molar refractivity (Wildman–Crippen MR) is 122 cm³/mol. The van der Waals surface area contributed by atoms with E-state index < -0.39 is 5.97 Å². The molecule has 0 radical (unpaired) electrons. The Hall–Kier alpha value is -2.61. The molecule has 2 aromatic rings. The van der Waals surface area contributed by atoms with Gasteiger partial charge < -0.3 is 19.1 Å². The SMILES string of the molecule is COC(=O)/C=C/c1ccc2cc(Br)cc(OC3CCN(C(=O)OCC(C)C)CC3)c2n1. The number of benzene rings is 1. The standard InChI is InChI=1S/C23H27BrN2O5/c1-15(2)14-30-23(28)26-10-8-19(9-11-26)31-20-13-17(24)12-16-4-5-18(25-22(16)20)6-7-21(27)29-3/h4-7,12-13,15,19H,8-11,14H2,1-3H3/b7-6+. The maximum absolute atomic E-state index is 12.2. The molecule has 1 aromatic carbocycles. The molecule has 3 rings (SSSR count). The summed E-state index contributed by atoms with van der Waals surface area (Å²) in [7, 11) is 1.33. The number of aromatic nitrogens is 1. The van der Waals surface area contributed by atoms with Crippen LogP contribution in [0.2, 0.25) is 0 Å². The van der Waals surface area contributed by atoms with Crippen LogP contribution in [0.25, 0.3) is 17.0 Å². The summed E-state index contributed by atoms with van der Waals surface area (Å²) in [4.78, 5) is 29.9. The van der Waals surface area contributed by atoms with Crippen molar-refractivity contribution >= 4 is 45.0 Å². The van der Waals surface area contributed by atoms with Crippen LogP contribution < -0.4 is 4.74 Å². The smallest absolute Gasteiger partial charge is 0.409 e. The molecule has 166 valence electrons. The van der Waals surface area contributed by atoms with E-state index in [2.05, 4.69) is 25.7 Å². The molecule has 1 saturated heterocycles. The van der Waals surface area contributed by atoms with Gasteiger partial charge >= 0.3 is 12.1 Å². The number of amides is 1. The summed E-state index contributed by atoms with van der Waals surface area (Å²) in [5.41, 5.74) is 1.35. The van der Waals surface area contributed by atoms with Crippen molar-refractivity contribution in [3.05, 3.63) is 40.5 Å². The molecule has 0 bridgehead atoms. The average molecular weight is 491 g/mol. The maximum atomic E-state index is 12.2. The van der Waals surface area contributed by atoms with Gasteiger partial charge in [-0.3, -0.25) is 0 Å². The Morgan fingerprint density at radius 3 is 2.68 bits per heavy atom. The Bertz CT molecular complexity index is 968. The summed E-state index contributed by atoms with van der Waals surface area (Å²) < 4.78 is 17.1. The number of hydrogen-bond donors (Lipinski definition) is 0. The van der Waals surface area contributed by atoms with E-state index in [9.17, 15) is 9.59 Å². The minimum absolute atomic E-state index is 0.0253. The number of pyridine rings is 1. The fraction of sp³-hybridized carbons (Fsp3) is 0.435. The third-order valence-corrected chi connectivity index (χ3v) is 5.33. The van der Waals surface area contributed by atoms with Crippen LogP contribution in [0.5, 0.6) is 5.75 Å². The molecule has 0 spiro atoms. The molecule has 0 N–H and O–H groups in total. The number of carbonyl (C=O) groups excluding carboxylic acids is 2. The first-order chi connectivity index (χ1) is 14.9. The third-order valence-electron chi connectivity index (χ3n) is 4.87. The van der Waals surface area contributed by atoms with Crippen molar-refractivity contribution in [2.24, 2.45) is 5.92 Å². The molecule has 0 unspecified atom stereocenters. The van der Waals surface area contributed by atoms with E-state index in [4.69, 9.17) is 9.47 Å². The summed E-state index contributed by atoms with van der Waals surface area (Å²) in [6.45, 7) is 5.64. The first-order valence-corrected chi connectivity index (χ1v) is 11.1. The van der Waals surface area contributed by atoms with Crippen LogP contribution in [0.3, 0.4) is 0 Å². The summed E-state index contributed by atoms with van der Waals surface area (Å²) >= 11 is 3.53. The van der Waals surface area contributed by atoms with Gasteiger partial charge in [-0.15, -0.1) is 0 Å². The van der Waals surface area contributed by atoms with Crippen LogP contribution in [0.4, 0.5) is 4.79 Å². The molecule has 0 aliphatic carbocycles. The Balaban J connectivity index is 1.70. The quantitative estimate of drug-likeness (QED) is 0.426. The fourth-order valence-corrected chi connectivity index (χ4v) is 3.71. The van der Waals surface area contributed by atoms with Gasteiger partial charge in [-0.1, -0.05) is 35.8 Å². The molecule has 0 atom stereocenters. The van der Waals surface area contributed by atoms with Crippen LogP contribution in [-0.2, 0) is 14.3 Å². The number of likely N-dealkylation sites (tertiary alicyclic amines) is 1. The molecule has 0 saturated carbocycles. The lowest BCUT2D eigenvalue weighted by atomic mass is 10.1. The highest BCUT2D eigenvalue weighted by molar-refractivity contribution is 9.10. The number of hydrogen-bond acceptors (Lipinski definition) is 6. The number of rotatable bonds is 6. The van der Waals surface area contributed by atoms with Crippen LogP contribution in [0.1, 0.15) is 32.4 Å². The summed E-state index contributed by atoms with van der Waals surface area (Å²) in [5, 5.41) is 0.925. The van der Waals surface area contributed by atoms with Crippen LogP contribution in [-0.4, -0.2) is 54.9 Å². The van der Waals surface area contributed by atoms with Crippen molar-refractivity contribution in [3.8, 4) is 5.75 Å². The monoisotopic (exact) mass is 490 g/mol. The van der Waals surface area contributed by atoms with E-state index >= 15 is 0 Å². The van der Waals surface area contributed by atoms with Crippen molar-refractivity contribution in [2.45, 2.75) is 32.8 Å². The Kier molecular flexibility index (Phi) is 7.90. The summed E-state index contributed by atoms with van der Waals surface area (Å²) in [6.07, 6.45) is 4.09. The van der Waals surface area contributed by atoms with Gasteiger partial charge in [0.1, 0.15) is 17.4 Å². The van der Waals surface area contributed by atoms with Crippen molar-refractivity contribution in [1.82, 2.24) is 9.88 Å². The molecule has 1 aliphatic heterocycles. The molecule has 31 heavy (non-hydrogen) atoms. The van der Waals surface area contributed by atoms with Crippen LogP contribution in [0, 0.1) is 5.92 Å². The number of ether oxygens (including phenoxy) is 3. The second-order valence-electron chi connectivity index (χ2n) is 7.84. The Labute approximate surface area is 190 Å². The molecule has 1 amide bonds. The zero-order valence-corrected chi connectivity index (χ0v) is 19.6. The Morgan fingerprint density at radius 1 is 1.26 bits per heavy atom. The van der Waals surface area contributed by atoms with Gasteiger partial charge in [0.05, 0.1) is 19.4 Å². The zero-order chi connectivity index (χ0) is 22.4. The summed E-state index contributed by atoms with van der Waals surface area (Å²) in [5.74, 6) is 0.542. The van der Waals surface area contributed by atoms with Gasteiger partial charge in [0.2, 0.25) is 0 Å². The van der Waals surface area contributed by atoms with E-state index in [0.29, 0.717) is 55.4 Å². The number of piperidine rings is 1. The van der Waals surface area contributed by atoms with Gasteiger partial charge in [0.25, 0.3) is 0 Å². The topological polar surface area (TPSA) is 78.0 Å². The maximum Gasteiger partial charge on any atom is 0.409 e. The first kappa shape index (κ1) is 23.1. The number of esters is 1. The van der Waals surface area contributed by atoms with E-state index in [0.717, 1.165) is 9.86 Å². The van der Waals surface area contributed by atoms with Gasteiger partial charge in [0.15, 0.2) is 0 Å². The molecule has 1 aromatic heterocycles. The number of fused-ring (bicyclic) bond motifs is 1. The van der Waals surface area contributed by atoms with Crippen LogP contribution >= 0.6 is 15.9 Å². The van der Waals surface area contributed by atoms with Crippen LogP contribution in [0.15, 0.2) is 34.8 Å². The highest BCUT2D eigenvalue weighted by atomic mass is 79.9. The van der Waals surface area contributed by atoms with Crippen molar-refractivity contribution in [1.29, 1.82) is 0 Å². The highest BCUT2D eigenvalue weighted by Gasteiger charge is 2.25.